The molecule has 1 heterocycles. The second-order valence-electron chi connectivity index (χ2n) is 6.27. The van der Waals surface area contributed by atoms with Crippen LogP contribution in [-0.4, -0.2) is 24.9 Å². The van der Waals surface area contributed by atoms with E-state index in [2.05, 4.69) is 16.0 Å². The SMILES string of the molecule is CNC(=O)C(Cc1ccccc1)Nc1ccc2c(c1)CCCC(=O)N2. The average molecular weight is 337 g/mol. The topological polar surface area (TPSA) is 70.2 Å². The van der Waals surface area contributed by atoms with Gasteiger partial charge in [-0.2, -0.15) is 0 Å². The van der Waals surface area contributed by atoms with Crippen LogP contribution < -0.4 is 16.0 Å². The van der Waals surface area contributed by atoms with Gasteiger partial charge in [-0.1, -0.05) is 30.3 Å². The van der Waals surface area contributed by atoms with Crippen LogP contribution in [0.5, 0.6) is 0 Å². The van der Waals surface area contributed by atoms with Crippen LogP contribution in [0.2, 0.25) is 0 Å². The average Bonchev–Trinajstić information content (AvgIpc) is 2.81. The molecular formula is C20H23N3O2. The number of likely N-dealkylation sites (N-methyl/N-ethyl adjacent to an activating group) is 1. The number of rotatable bonds is 5. The van der Waals surface area contributed by atoms with Crippen LogP contribution >= 0.6 is 0 Å². The quantitative estimate of drug-likeness (QED) is 0.786. The molecule has 0 fully saturated rings. The standard InChI is InChI=1S/C20H23N3O2/c1-21-20(25)18(12-14-6-3-2-4-7-14)22-16-10-11-17-15(13-16)8-5-9-19(24)23-17/h2-4,6-7,10-11,13,18,22H,5,8-9,12H2,1H3,(H,21,25)(H,23,24). The Labute approximate surface area is 147 Å². The second kappa shape index (κ2) is 7.83. The summed E-state index contributed by atoms with van der Waals surface area (Å²) >= 11 is 0. The Morgan fingerprint density at radius 3 is 2.72 bits per heavy atom. The van der Waals surface area contributed by atoms with Gasteiger partial charge in [-0.15, -0.1) is 0 Å². The van der Waals surface area contributed by atoms with Gasteiger partial charge in [0.05, 0.1) is 0 Å². The number of hydrogen-bond donors (Lipinski definition) is 3. The van der Waals surface area contributed by atoms with E-state index < -0.39 is 0 Å². The Bertz CT molecular complexity index is 759. The molecule has 1 unspecified atom stereocenters. The van der Waals surface area contributed by atoms with Crippen LogP contribution in [0.3, 0.4) is 0 Å². The third kappa shape index (κ3) is 4.38. The monoisotopic (exact) mass is 337 g/mol. The summed E-state index contributed by atoms with van der Waals surface area (Å²) in [4.78, 5) is 23.9. The smallest absolute Gasteiger partial charge is 0.242 e. The first-order valence-corrected chi connectivity index (χ1v) is 8.60. The lowest BCUT2D eigenvalue weighted by Crippen LogP contribution is -2.39. The van der Waals surface area contributed by atoms with Crippen molar-refractivity contribution >= 4 is 23.2 Å². The maximum absolute atomic E-state index is 12.3. The van der Waals surface area contributed by atoms with E-state index in [-0.39, 0.29) is 17.9 Å². The molecular weight excluding hydrogens is 314 g/mol. The maximum Gasteiger partial charge on any atom is 0.242 e. The van der Waals surface area contributed by atoms with Gasteiger partial charge < -0.3 is 16.0 Å². The van der Waals surface area contributed by atoms with Gasteiger partial charge in [0.1, 0.15) is 6.04 Å². The van der Waals surface area contributed by atoms with Gasteiger partial charge >= 0.3 is 0 Å². The highest BCUT2D eigenvalue weighted by molar-refractivity contribution is 5.92. The minimum Gasteiger partial charge on any atom is -0.373 e. The summed E-state index contributed by atoms with van der Waals surface area (Å²) in [7, 11) is 1.65. The highest BCUT2D eigenvalue weighted by Crippen LogP contribution is 2.26. The number of carbonyl (C=O) groups is 2. The molecule has 2 amide bonds. The molecule has 130 valence electrons. The summed E-state index contributed by atoms with van der Waals surface area (Å²) in [6, 6.07) is 15.4. The first-order valence-electron chi connectivity index (χ1n) is 8.60. The lowest BCUT2D eigenvalue weighted by atomic mass is 10.0. The number of nitrogens with one attached hydrogen (secondary N) is 3. The number of carbonyl (C=O) groups excluding carboxylic acids is 2. The first kappa shape index (κ1) is 17.0. The highest BCUT2D eigenvalue weighted by Gasteiger charge is 2.19. The predicted molar refractivity (Wildman–Crippen MR) is 99.6 cm³/mol. The van der Waals surface area contributed by atoms with Gasteiger partial charge in [0.2, 0.25) is 11.8 Å². The van der Waals surface area contributed by atoms with E-state index in [4.69, 9.17) is 0 Å². The normalized spacial score (nSPS) is 14.7. The van der Waals surface area contributed by atoms with E-state index >= 15 is 0 Å². The molecule has 3 rings (SSSR count). The number of benzene rings is 2. The van der Waals surface area contributed by atoms with Crippen LogP contribution in [0.1, 0.15) is 24.0 Å². The van der Waals surface area contributed by atoms with Crippen LogP contribution in [0.4, 0.5) is 11.4 Å². The van der Waals surface area contributed by atoms with Gasteiger partial charge in [0.15, 0.2) is 0 Å². The van der Waals surface area contributed by atoms with E-state index in [0.29, 0.717) is 12.8 Å². The zero-order chi connectivity index (χ0) is 17.6. The van der Waals surface area contributed by atoms with Crippen LogP contribution in [0.15, 0.2) is 48.5 Å². The van der Waals surface area contributed by atoms with Gasteiger partial charge in [-0.3, -0.25) is 9.59 Å². The summed E-state index contributed by atoms with van der Waals surface area (Å²) in [5, 5.41) is 8.99. The molecule has 1 atom stereocenters. The molecule has 3 N–H and O–H groups in total. The summed E-state index contributed by atoms with van der Waals surface area (Å²) in [5.74, 6) is 0.0128. The van der Waals surface area contributed by atoms with Crippen LogP contribution in [-0.2, 0) is 22.4 Å². The molecule has 0 radical (unpaired) electrons. The Morgan fingerprint density at radius 1 is 1.16 bits per heavy atom. The van der Waals surface area contributed by atoms with Crippen LogP contribution in [0, 0.1) is 0 Å². The molecule has 0 aromatic heterocycles. The first-order chi connectivity index (χ1) is 12.2. The van der Waals surface area contributed by atoms with Crippen molar-refractivity contribution in [2.45, 2.75) is 31.7 Å². The molecule has 5 nitrogen and oxygen atoms in total. The summed E-state index contributed by atoms with van der Waals surface area (Å²) < 4.78 is 0. The number of fused-ring (bicyclic) bond motifs is 1. The Morgan fingerprint density at radius 2 is 1.96 bits per heavy atom. The van der Waals surface area contributed by atoms with E-state index in [1.54, 1.807) is 7.05 Å². The number of amides is 2. The zero-order valence-electron chi connectivity index (χ0n) is 14.3. The van der Waals surface area contributed by atoms with Gasteiger partial charge in [0.25, 0.3) is 0 Å². The molecule has 0 aliphatic carbocycles. The predicted octanol–water partition coefficient (Wildman–Crippen LogP) is 2.73. The van der Waals surface area contributed by atoms with Crippen molar-refractivity contribution in [2.75, 3.05) is 17.7 Å². The van der Waals surface area contributed by atoms with Crippen molar-refractivity contribution < 1.29 is 9.59 Å². The number of anilines is 2. The molecule has 0 spiro atoms. The Hall–Kier alpha value is -2.82. The third-order valence-corrected chi connectivity index (χ3v) is 4.42. The molecule has 1 aliphatic rings. The Kier molecular flexibility index (Phi) is 5.33. The lowest BCUT2D eigenvalue weighted by Gasteiger charge is -2.20. The molecule has 2 aromatic carbocycles. The number of hydrogen-bond acceptors (Lipinski definition) is 3. The lowest BCUT2D eigenvalue weighted by molar-refractivity contribution is -0.121. The minimum atomic E-state index is -0.356. The van der Waals surface area contributed by atoms with E-state index in [1.807, 2.05) is 48.5 Å². The van der Waals surface area contributed by atoms with Crippen molar-refractivity contribution in [1.29, 1.82) is 0 Å². The van der Waals surface area contributed by atoms with Crippen molar-refractivity contribution in [1.82, 2.24) is 5.32 Å². The Balaban J connectivity index is 1.78. The zero-order valence-corrected chi connectivity index (χ0v) is 14.3. The highest BCUT2D eigenvalue weighted by atomic mass is 16.2. The van der Waals surface area contributed by atoms with Crippen molar-refractivity contribution in [3.8, 4) is 0 Å². The minimum absolute atomic E-state index is 0.0490. The fourth-order valence-corrected chi connectivity index (χ4v) is 3.10. The molecule has 1 aliphatic heterocycles. The van der Waals surface area contributed by atoms with Crippen LogP contribution in [0.25, 0.3) is 0 Å². The van der Waals surface area contributed by atoms with E-state index in [9.17, 15) is 9.59 Å². The van der Waals surface area contributed by atoms with Gasteiger partial charge in [-0.05, 0) is 42.2 Å². The third-order valence-electron chi connectivity index (χ3n) is 4.42. The number of aryl methyl sites for hydroxylation is 1. The molecule has 0 bridgehead atoms. The largest absolute Gasteiger partial charge is 0.373 e. The summed E-state index contributed by atoms with van der Waals surface area (Å²) in [6.07, 6.45) is 2.85. The fourth-order valence-electron chi connectivity index (χ4n) is 3.10. The van der Waals surface area contributed by atoms with Crippen molar-refractivity contribution in [2.24, 2.45) is 0 Å². The second-order valence-corrected chi connectivity index (χ2v) is 6.27. The summed E-state index contributed by atoms with van der Waals surface area (Å²) in [5.41, 5.74) is 3.96. The summed E-state index contributed by atoms with van der Waals surface area (Å²) in [6.45, 7) is 0. The molecule has 5 heteroatoms. The van der Waals surface area contributed by atoms with Crippen molar-refractivity contribution in [3.63, 3.8) is 0 Å². The fraction of sp³-hybridized carbons (Fsp3) is 0.300. The van der Waals surface area contributed by atoms with E-state index in [1.165, 1.54) is 0 Å². The molecule has 0 saturated heterocycles. The van der Waals surface area contributed by atoms with Gasteiger partial charge in [0, 0.05) is 31.3 Å². The molecule has 25 heavy (non-hydrogen) atoms. The van der Waals surface area contributed by atoms with E-state index in [0.717, 1.165) is 35.3 Å². The van der Waals surface area contributed by atoms with Gasteiger partial charge in [-0.25, -0.2) is 0 Å². The molecule has 2 aromatic rings. The maximum atomic E-state index is 12.3. The molecule has 0 saturated carbocycles. The van der Waals surface area contributed by atoms with Crippen molar-refractivity contribution in [3.05, 3.63) is 59.7 Å².